The number of benzene rings is 1. The van der Waals surface area contributed by atoms with Crippen LogP contribution in [-0.2, 0) is 9.59 Å². The smallest absolute Gasteiger partial charge is 0.266 e. The highest BCUT2D eigenvalue weighted by Crippen LogP contribution is 2.36. The molecular formula is C20H24NO5S2-. The normalized spacial score (nSPS) is 16.5. The number of unbranched alkanes of at least 4 members (excludes halogenated alkanes) is 1. The predicted octanol–water partition coefficient (Wildman–Crippen LogP) is 2.99. The number of carboxylic acid groups (broad SMARTS) is 1. The number of carbonyl (C=O) groups excluding carboxylic acids is 2. The second-order valence-electron chi connectivity index (χ2n) is 6.29. The highest BCUT2D eigenvalue weighted by atomic mass is 32.2. The first-order valence-electron chi connectivity index (χ1n) is 9.21. The number of thioether (sulfide) groups is 1. The monoisotopic (exact) mass is 422 g/mol. The summed E-state index contributed by atoms with van der Waals surface area (Å²) in [6, 6.07) is 4.34. The van der Waals surface area contributed by atoms with E-state index in [1.807, 2.05) is 13.0 Å². The molecule has 1 saturated heterocycles. The van der Waals surface area contributed by atoms with E-state index in [2.05, 4.69) is 6.92 Å². The van der Waals surface area contributed by atoms with Crippen molar-refractivity contribution in [3.8, 4) is 11.5 Å². The van der Waals surface area contributed by atoms with Crippen molar-refractivity contribution in [2.45, 2.75) is 45.6 Å². The van der Waals surface area contributed by atoms with Crippen molar-refractivity contribution in [1.29, 1.82) is 0 Å². The molecule has 1 aliphatic heterocycles. The van der Waals surface area contributed by atoms with Gasteiger partial charge in [-0.2, -0.15) is 0 Å². The second kappa shape index (κ2) is 10.5. The molecule has 1 atom stereocenters. The van der Waals surface area contributed by atoms with Crippen molar-refractivity contribution < 1.29 is 24.2 Å². The number of carboxylic acids is 1. The van der Waals surface area contributed by atoms with E-state index in [0.717, 1.165) is 35.1 Å². The van der Waals surface area contributed by atoms with Crippen molar-refractivity contribution in [2.75, 3.05) is 13.7 Å². The molecular weight excluding hydrogens is 398 g/mol. The number of amides is 1. The van der Waals surface area contributed by atoms with Gasteiger partial charge in [-0.25, -0.2) is 0 Å². The minimum atomic E-state index is -1.30. The van der Waals surface area contributed by atoms with Crippen molar-refractivity contribution >= 4 is 46.3 Å². The molecule has 1 fully saturated rings. The molecule has 0 spiro atoms. The third-order valence-electron chi connectivity index (χ3n) is 4.21. The number of rotatable bonds is 10. The lowest BCUT2D eigenvalue weighted by molar-refractivity contribution is -0.310. The number of hydrogen-bond acceptors (Lipinski definition) is 7. The lowest BCUT2D eigenvalue weighted by Gasteiger charge is -2.27. The molecule has 8 heteroatoms. The van der Waals surface area contributed by atoms with Crippen LogP contribution in [0.4, 0.5) is 0 Å². The van der Waals surface area contributed by atoms with Crippen LogP contribution in [0, 0.1) is 0 Å². The number of nitrogens with zero attached hydrogens (tertiary/aromatic N) is 1. The average Bonchev–Trinajstić information content (AvgIpc) is 2.94. The van der Waals surface area contributed by atoms with Crippen LogP contribution in [0.1, 0.15) is 45.1 Å². The average molecular weight is 423 g/mol. The zero-order chi connectivity index (χ0) is 20.7. The summed E-state index contributed by atoms with van der Waals surface area (Å²) in [5, 5.41) is 11.4. The third kappa shape index (κ3) is 5.26. The molecule has 28 heavy (non-hydrogen) atoms. The minimum Gasteiger partial charge on any atom is -0.548 e. The maximum Gasteiger partial charge on any atom is 0.266 e. The highest BCUT2D eigenvalue weighted by molar-refractivity contribution is 8.26. The molecule has 0 bridgehead atoms. The van der Waals surface area contributed by atoms with Crippen LogP contribution in [0.5, 0.6) is 11.5 Å². The Balaban J connectivity index is 2.24. The van der Waals surface area contributed by atoms with Crippen molar-refractivity contribution in [1.82, 2.24) is 4.90 Å². The van der Waals surface area contributed by atoms with Gasteiger partial charge < -0.3 is 19.4 Å². The maximum atomic E-state index is 12.7. The number of methoxy groups -OCH3 is 1. The number of hydrogen-bond donors (Lipinski definition) is 0. The van der Waals surface area contributed by atoms with Crippen LogP contribution in [0.15, 0.2) is 23.1 Å². The Labute approximate surface area is 174 Å². The van der Waals surface area contributed by atoms with Gasteiger partial charge in [-0.1, -0.05) is 56.7 Å². The van der Waals surface area contributed by atoms with E-state index in [-0.39, 0.29) is 4.32 Å². The van der Waals surface area contributed by atoms with E-state index in [9.17, 15) is 14.7 Å². The molecule has 1 amide bonds. The number of carbonyl (C=O) groups is 2. The number of aliphatic carboxylic acids is 1. The summed E-state index contributed by atoms with van der Waals surface area (Å²) >= 11 is 6.33. The van der Waals surface area contributed by atoms with Crippen molar-refractivity contribution in [2.24, 2.45) is 0 Å². The van der Waals surface area contributed by atoms with Gasteiger partial charge in [-0.3, -0.25) is 9.69 Å². The van der Waals surface area contributed by atoms with Gasteiger partial charge >= 0.3 is 0 Å². The molecule has 1 aliphatic rings. The van der Waals surface area contributed by atoms with Crippen LogP contribution in [-0.4, -0.2) is 40.9 Å². The summed E-state index contributed by atoms with van der Waals surface area (Å²) in [5.74, 6) is -0.505. The lowest BCUT2D eigenvalue weighted by Crippen LogP contribution is -2.49. The van der Waals surface area contributed by atoms with E-state index in [1.165, 1.54) is 0 Å². The van der Waals surface area contributed by atoms with Gasteiger partial charge in [0.1, 0.15) is 4.32 Å². The van der Waals surface area contributed by atoms with Gasteiger partial charge in [-0.05, 0) is 36.6 Å². The third-order valence-corrected chi connectivity index (χ3v) is 5.54. The SMILES string of the molecule is CCCCOc1ccc(/C=C2\SC(=S)N([C@H](CCC)C(=O)[O-])C2=O)cc1OC. The van der Waals surface area contributed by atoms with Gasteiger partial charge in [0.05, 0.1) is 30.6 Å². The molecule has 1 aromatic carbocycles. The first kappa shape index (κ1) is 22.2. The van der Waals surface area contributed by atoms with Gasteiger partial charge in [-0.15, -0.1) is 0 Å². The molecule has 0 N–H and O–H groups in total. The molecule has 1 aromatic rings. The Morgan fingerprint density at radius 1 is 1.32 bits per heavy atom. The minimum absolute atomic E-state index is 0.227. The van der Waals surface area contributed by atoms with E-state index >= 15 is 0 Å². The predicted molar refractivity (Wildman–Crippen MR) is 112 cm³/mol. The van der Waals surface area contributed by atoms with Gasteiger partial charge in [0, 0.05) is 0 Å². The first-order chi connectivity index (χ1) is 13.4. The summed E-state index contributed by atoms with van der Waals surface area (Å²) < 4.78 is 11.3. The van der Waals surface area contributed by atoms with Gasteiger partial charge in [0.2, 0.25) is 0 Å². The number of ether oxygens (including phenoxy) is 2. The van der Waals surface area contributed by atoms with E-state index in [0.29, 0.717) is 35.9 Å². The van der Waals surface area contributed by atoms with Crippen LogP contribution < -0.4 is 14.6 Å². The molecule has 1 heterocycles. The Hall–Kier alpha value is -2.06. The fourth-order valence-corrected chi connectivity index (χ4v) is 4.10. The summed E-state index contributed by atoms with van der Waals surface area (Å²) in [7, 11) is 1.56. The highest BCUT2D eigenvalue weighted by Gasteiger charge is 2.37. The molecule has 0 saturated carbocycles. The summed E-state index contributed by atoms with van der Waals surface area (Å²) in [6.07, 6.45) is 4.55. The summed E-state index contributed by atoms with van der Waals surface area (Å²) in [4.78, 5) is 25.7. The van der Waals surface area contributed by atoms with Crippen LogP contribution in [0.2, 0.25) is 0 Å². The molecule has 0 aliphatic carbocycles. The van der Waals surface area contributed by atoms with E-state index in [1.54, 1.807) is 25.3 Å². The fourth-order valence-electron chi connectivity index (χ4n) is 2.75. The van der Waals surface area contributed by atoms with Crippen molar-refractivity contribution in [3.05, 3.63) is 28.7 Å². The molecule has 0 radical (unpaired) electrons. The van der Waals surface area contributed by atoms with Crippen molar-refractivity contribution in [3.63, 3.8) is 0 Å². The molecule has 6 nitrogen and oxygen atoms in total. The Bertz CT molecular complexity index is 778. The Morgan fingerprint density at radius 3 is 2.68 bits per heavy atom. The van der Waals surface area contributed by atoms with Crippen LogP contribution in [0.3, 0.4) is 0 Å². The molecule has 0 unspecified atom stereocenters. The van der Waals surface area contributed by atoms with Gasteiger partial charge in [0.25, 0.3) is 5.91 Å². The maximum absolute atomic E-state index is 12.7. The second-order valence-corrected chi connectivity index (χ2v) is 7.96. The van der Waals surface area contributed by atoms with Gasteiger partial charge in [0.15, 0.2) is 11.5 Å². The molecule has 152 valence electrons. The van der Waals surface area contributed by atoms with E-state index < -0.39 is 17.9 Å². The fraction of sp³-hybridized carbons (Fsp3) is 0.450. The zero-order valence-electron chi connectivity index (χ0n) is 16.2. The summed E-state index contributed by atoms with van der Waals surface area (Å²) in [6.45, 7) is 4.54. The topological polar surface area (TPSA) is 78.9 Å². The standard InChI is InChI=1S/C20H25NO5S2/c1-4-6-10-26-15-9-8-13(11-16(15)25-3)12-17-18(22)21(20(27)28-17)14(7-5-2)19(23)24/h8-9,11-12,14H,4-7,10H2,1-3H3,(H,23,24)/p-1/b17-12-/t14-/m1/s1. The summed E-state index contributed by atoms with van der Waals surface area (Å²) in [5.41, 5.74) is 0.737. The van der Waals surface area contributed by atoms with E-state index in [4.69, 9.17) is 21.7 Å². The Kier molecular flexibility index (Phi) is 8.32. The number of thiocarbonyl (C=S) groups is 1. The quantitative estimate of drug-likeness (QED) is 0.326. The first-order valence-corrected chi connectivity index (χ1v) is 10.4. The lowest BCUT2D eigenvalue weighted by atomic mass is 10.1. The zero-order valence-corrected chi connectivity index (χ0v) is 17.9. The Morgan fingerprint density at radius 2 is 2.07 bits per heavy atom. The molecule has 0 aromatic heterocycles. The largest absolute Gasteiger partial charge is 0.548 e. The van der Waals surface area contributed by atoms with Crippen LogP contribution >= 0.6 is 24.0 Å². The molecule has 2 rings (SSSR count). The van der Waals surface area contributed by atoms with Crippen LogP contribution in [0.25, 0.3) is 6.08 Å².